The van der Waals surface area contributed by atoms with E-state index in [9.17, 15) is 4.79 Å². The SMILES string of the molecule is Cc1ccc(C(=O)C(C)N(C)C2CCCC2)cc1C. The number of Topliss-reactive ketones (excluding diaryl/α,β-unsaturated/α-hetero) is 1. The van der Waals surface area contributed by atoms with Crippen LogP contribution in [0.4, 0.5) is 0 Å². The van der Waals surface area contributed by atoms with E-state index in [0.29, 0.717) is 6.04 Å². The van der Waals surface area contributed by atoms with Crippen LogP contribution in [0.15, 0.2) is 18.2 Å². The molecule has 1 aliphatic rings. The van der Waals surface area contributed by atoms with Crippen molar-refractivity contribution in [2.24, 2.45) is 0 Å². The van der Waals surface area contributed by atoms with Crippen LogP contribution in [0.2, 0.25) is 0 Å². The van der Waals surface area contributed by atoms with Crippen LogP contribution in [-0.4, -0.2) is 29.8 Å². The molecule has 2 heteroatoms. The summed E-state index contributed by atoms with van der Waals surface area (Å²) in [6, 6.07) is 6.60. The Bertz CT molecular complexity index is 460. The molecule has 2 nitrogen and oxygen atoms in total. The molecule has 2 rings (SSSR count). The van der Waals surface area contributed by atoms with Gasteiger partial charge in [0.15, 0.2) is 5.78 Å². The van der Waals surface area contributed by atoms with Gasteiger partial charge in [-0.25, -0.2) is 0 Å². The molecule has 1 fully saturated rings. The maximum absolute atomic E-state index is 12.6. The summed E-state index contributed by atoms with van der Waals surface area (Å²) < 4.78 is 0. The third kappa shape index (κ3) is 3.06. The average molecular weight is 259 g/mol. The molecule has 0 bridgehead atoms. The van der Waals surface area contributed by atoms with E-state index in [0.717, 1.165) is 5.56 Å². The van der Waals surface area contributed by atoms with E-state index in [4.69, 9.17) is 0 Å². The monoisotopic (exact) mass is 259 g/mol. The summed E-state index contributed by atoms with van der Waals surface area (Å²) in [6.45, 7) is 6.19. The van der Waals surface area contributed by atoms with Gasteiger partial charge in [0.1, 0.15) is 0 Å². The number of ketones is 1. The normalized spacial score (nSPS) is 17.9. The van der Waals surface area contributed by atoms with Crippen molar-refractivity contribution in [3.63, 3.8) is 0 Å². The van der Waals surface area contributed by atoms with Gasteiger partial charge in [-0.1, -0.05) is 25.0 Å². The van der Waals surface area contributed by atoms with Crippen molar-refractivity contribution in [2.45, 2.75) is 58.5 Å². The van der Waals surface area contributed by atoms with Gasteiger partial charge in [-0.2, -0.15) is 0 Å². The lowest BCUT2D eigenvalue weighted by Gasteiger charge is -2.29. The van der Waals surface area contributed by atoms with Crippen LogP contribution < -0.4 is 0 Å². The van der Waals surface area contributed by atoms with Crippen molar-refractivity contribution in [1.82, 2.24) is 4.90 Å². The number of carbonyl (C=O) groups excluding carboxylic acids is 1. The number of nitrogens with zero attached hydrogens (tertiary/aromatic N) is 1. The Morgan fingerprint density at radius 1 is 1.21 bits per heavy atom. The Morgan fingerprint density at radius 2 is 1.84 bits per heavy atom. The maximum atomic E-state index is 12.6. The van der Waals surface area contributed by atoms with Crippen molar-refractivity contribution in [3.05, 3.63) is 34.9 Å². The van der Waals surface area contributed by atoms with Crippen molar-refractivity contribution < 1.29 is 4.79 Å². The molecule has 1 atom stereocenters. The van der Waals surface area contributed by atoms with Crippen molar-refractivity contribution >= 4 is 5.78 Å². The van der Waals surface area contributed by atoms with E-state index in [1.165, 1.54) is 36.8 Å². The van der Waals surface area contributed by atoms with Gasteiger partial charge in [-0.05, 0) is 57.9 Å². The molecule has 1 saturated carbocycles. The number of benzene rings is 1. The Kier molecular flexibility index (Phi) is 4.41. The minimum absolute atomic E-state index is 0.0230. The lowest BCUT2D eigenvalue weighted by molar-refractivity contribution is 0.0819. The predicted molar refractivity (Wildman–Crippen MR) is 79.7 cm³/mol. The van der Waals surface area contributed by atoms with Gasteiger partial charge >= 0.3 is 0 Å². The van der Waals surface area contributed by atoms with Gasteiger partial charge < -0.3 is 0 Å². The Hall–Kier alpha value is -1.15. The number of likely N-dealkylation sites (N-methyl/N-ethyl adjacent to an activating group) is 1. The minimum Gasteiger partial charge on any atom is -0.294 e. The van der Waals surface area contributed by atoms with Crippen molar-refractivity contribution in [3.8, 4) is 0 Å². The first kappa shape index (κ1) is 14.3. The molecule has 0 aromatic heterocycles. The minimum atomic E-state index is -0.0230. The highest BCUT2D eigenvalue weighted by molar-refractivity contribution is 6.00. The average Bonchev–Trinajstić information content (AvgIpc) is 2.93. The van der Waals surface area contributed by atoms with Gasteiger partial charge in [0.25, 0.3) is 0 Å². The van der Waals surface area contributed by atoms with E-state index in [-0.39, 0.29) is 11.8 Å². The predicted octanol–water partition coefficient (Wildman–Crippen LogP) is 3.75. The van der Waals surface area contributed by atoms with Crippen molar-refractivity contribution in [1.29, 1.82) is 0 Å². The molecule has 1 aromatic rings. The molecule has 1 unspecified atom stereocenters. The Morgan fingerprint density at radius 3 is 2.42 bits per heavy atom. The molecule has 0 spiro atoms. The molecule has 1 aromatic carbocycles. The van der Waals surface area contributed by atoms with Gasteiger partial charge in [0.05, 0.1) is 6.04 Å². The molecule has 0 heterocycles. The molecule has 0 radical (unpaired) electrons. The fourth-order valence-corrected chi connectivity index (χ4v) is 2.95. The zero-order chi connectivity index (χ0) is 14.0. The molecular weight excluding hydrogens is 234 g/mol. The quantitative estimate of drug-likeness (QED) is 0.768. The summed E-state index contributed by atoms with van der Waals surface area (Å²) in [4.78, 5) is 14.8. The number of rotatable bonds is 4. The number of aryl methyl sites for hydroxylation is 2. The summed E-state index contributed by atoms with van der Waals surface area (Å²) >= 11 is 0. The summed E-state index contributed by atoms with van der Waals surface area (Å²) in [5.74, 6) is 0.248. The molecular formula is C17H25NO. The lowest BCUT2D eigenvalue weighted by atomic mass is 9.99. The Balaban J connectivity index is 2.11. The van der Waals surface area contributed by atoms with E-state index in [1.807, 2.05) is 25.1 Å². The number of hydrogen-bond donors (Lipinski definition) is 0. The highest BCUT2D eigenvalue weighted by Gasteiger charge is 2.27. The van der Waals surface area contributed by atoms with E-state index >= 15 is 0 Å². The molecule has 104 valence electrons. The zero-order valence-electron chi connectivity index (χ0n) is 12.6. The van der Waals surface area contributed by atoms with Crippen LogP contribution in [0.25, 0.3) is 0 Å². The summed E-state index contributed by atoms with van der Waals surface area (Å²) in [7, 11) is 2.10. The molecule has 0 saturated heterocycles. The fourth-order valence-electron chi connectivity index (χ4n) is 2.95. The van der Waals surface area contributed by atoms with Crippen LogP contribution in [0, 0.1) is 13.8 Å². The third-order valence-corrected chi connectivity index (χ3v) is 4.68. The number of carbonyl (C=O) groups is 1. The highest BCUT2D eigenvalue weighted by atomic mass is 16.1. The van der Waals surface area contributed by atoms with Crippen LogP contribution >= 0.6 is 0 Å². The van der Waals surface area contributed by atoms with Gasteiger partial charge in [-0.15, -0.1) is 0 Å². The second-order valence-corrected chi connectivity index (χ2v) is 5.94. The molecule has 0 N–H and O–H groups in total. The third-order valence-electron chi connectivity index (χ3n) is 4.68. The summed E-state index contributed by atoms with van der Waals surface area (Å²) in [5.41, 5.74) is 3.29. The second-order valence-electron chi connectivity index (χ2n) is 5.94. The van der Waals surface area contributed by atoms with Crippen molar-refractivity contribution in [2.75, 3.05) is 7.05 Å². The van der Waals surface area contributed by atoms with Gasteiger partial charge in [0.2, 0.25) is 0 Å². The summed E-state index contributed by atoms with van der Waals surface area (Å²) in [5, 5.41) is 0. The number of hydrogen-bond acceptors (Lipinski definition) is 2. The van der Waals surface area contributed by atoms with Crippen LogP contribution in [0.3, 0.4) is 0 Å². The molecule has 0 amide bonds. The second kappa shape index (κ2) is 5.87. The van der Waals surface area contributed by atoms with E-state index < -0.39 is 0 Å². The molecule has 1 aliphatic carbocycles. The smallest absolute Gasteiger partial charge is 0.179 e. The molecule has 0 aliphatic heterocycles. The Labute approximate surface area is 116 Å². The van der Waals surface area contributed by atoms with Crippen LogP contribution in [-0.2, 0) is 0 Å². The standard InChI is InChI=1S/C17H25NO/c1-12-9-10-15(11-13(12)2)17(19)14(3)18(4)16-7-5-6-8-16/h9-11,14,16H,5-8H2,1-4H3. The summed E-state index contributed by atoms with van der Waals surface area (Å²) in [6.07, 6.45) is 5.08. The molecule has 19 heavy (non-hydrogen) atoms. The van der Waals surface area contributed by atoms with Gasteiger partial charge in [-0.3, -0.25) is 9.69 Å². The van der Waals surface area contributed by atoms with E-state index in [1.54, 1.807) is 0 Å². The first-order valence-corrected chi connectivity index (χ1v) is 7.34. The first-order chi connectivity index (χ1) is 9.00. The largest absolute Gasteiger partial charge is 0.294 e. The maximum Gasteiger partial charge on any atom is 0.179 e. The highest BCUT2D eigenvalue weighted by Crippen LogP contribution is 2.25. The lowest BCUT2D eigenvalue weighted by Crippen LogP contribution is -2.41. The fraction of sp³-hybridized carbons (Fsp3) is 0.588. The van der Waals surface area contributed by atoms with Crippen LogP contribution in [0.5, 0.6) is 0 Å². The van der Waals surface area contributed by atoms with Gasteiger partial charge in [0, 0.05) is 11.6 Å². The zero-order valence-corrected chi connectivity index (χ0v) is 12.6. The van der Waals surface area contributed by atoms with Crippen LogP contribution in [0.1, 0.15) is 54.1 Å². The first-order valence-electron chi connectivity index (χ1n) is 7.34. The topological polar surface area (TPSA) is 20.3 Å². The van der Waals surface area contributed by atoms with E-state index in [2.05, 4.69) is 25.8 Å².